The molecule has 2 rings (SSSR count). The van der Waals surface area contributed by atoms with E-state index in [1.165, 1.54) is 0 Å². The van der Waals surface area contributed by atoms with Gasteiger partial charge in [-0.1, -0.05) is 6.07 Å². The van der Waals surface area contributed by atoms with Crippen LogP contribution in [0.3, 0.4) is 0 Å². The number of hydrogen-bond donors (Lipinski definition) is 3. The Bertz CT molecular complexity index is 619. The number of H-pyrrole nitrogens is 1. The van der Waals surface area contributed by atoms with E-state index in [4.69, 9.17) is 5.11 Å². The molecule has 0 bridgehead atoms. The lowest BCUT2D eigenvalue weighted by molar-refractivity contribution is -0.137. The maximum Gasteiger partial charge on any atom is 0.303 e. The predicted molar refractivity (Wildman–Crippen MR) is 81.1 cm³/mol. The van der Waals surface area contributed by atoms with Gasteiger partial charge >= 0.3 is 5.97 Å². The number of rotatable bonds is 8. The van der Waals surface area contributed by atoms with E-state index in [0.29, 0.717) is 32.2 Å². The monoisotopic (exact) mass is 288 g/mol. The predicted octanol–water partition coefficient (Wildman–Crippen LogP) is 2.47. The van der Waals surface area contributed by atoms with E-state index in [0.717, 1.165) is 16.5 Å². The molecule has 3 N–H and O–H groups in total. The van der Waals surface area contributed by atoms with Gasteiger partial charge in [-0.25, -0.2) is 0 Å². The van der Waals surface area contributed by atoms with Gasteiger partial charge < -0.3 is 15.4 Å². The summed E-state index contributed by atoms with van der Waals surface area (Å²) in [6.45, 7) is 0.545. The van der Waals surface area contributed by atoms with Gasteiger partial charge in [0, 0.05) is 31.1 Å². The first kappa shape index (κ1) is 15.1. The lowest BCUT2D eigenvalue weighted by Crippen LogP contribution is -2.24. The Balaban J connectivity index is 1.67. The zero-order chi connectivity index (χ0) is 15.1. The molecule has 0 saturated heterocycles. The summed E-state index contributed by atoms with van der Waals surface area (Å²) < 4.78 is 0. The number of aliphatic carboxylic acids is 1. The Morgan fingerprint density at radius 1 is 1.14 bits per heavy atom. The molecular formula is C16H20N2O3. The molecule has 0 atom stereocenters. The van der Waals surface area contributed by atoms with Crippen LogP contribution in [0.5, 0.6) is 0 Å². The molecule has 0 aliphatic rings. The fourth-order valence-electron chi connectivity index (χ4n) is 2.23. The van der Waals surface area contributed by atoms with Crippen molar-refractivity contribution >= 4 is 22.8 Å². The third kappa shape index (κ3) is 4.95. The number of fused-ring (bicyclic) bond motifs is 1. The molecule has 0 saturated carbocycles. The standard InChI is InChI=1S/C16H20N2O3/c19-15(18-9-2-1-3-16(20)21)7-5-12-4-6-14-13(11-12)8-10-17-14/h4,6,8,10-11,17H,1-3,5,7,9H2,(H,18,19)(H,20,21). The van der Waals surface area contributed by atoms with Crippen molar-refractivity contribution in [1.82, 2.24) is 10.3 Å². The van der Waals surface area contributed by atoms with E-state index < -0.39 is 5.97 Å². The SMILES string of the molecule is O=C(O)CCCCNC(=O)CCc1ccc2[nH]ccc2c1. The van der Waals surface area contributed by atoms with Crippen LogP contribution in [0, 0.1) is 0 Å². The number of nitrogens with one attached hydrogen (secondary N) is 2. The Morgan fingerprint density at radius 2 is 2.00 bits per heavy atom. The van der Waals surface area contributed by atoms with Crippen LogP contribution in [0.15, 0.2) is 30.5 Å². The van der Waals surface area contributed by atoms with Crippen LogP contribution in [-0.2, 0) is 16.0 Å². The number of benzene rings is 1. The summed E-state index contributed by atoms with van der Waals surface area (Å²) in [5, 5.41) is 12.5. The molecule has 112 valence electrons. The van der Waals surface area contributed by atoms with Crippen molar-refractivity contribution in [1.29, 1.82) is 0 Å². The Hall–Kier alpha value is -2.30. The van der Waals surface area contributed by atoms with Crippen molar-refractivity contribution in [3.63, 3.8) is 0 Å². The zero-order valence-corrected chi connectivity index (χ0v) is 11.9. The second-order valence-corrected chi connectivity index (χ2v) is 5.10. The highest BCUT2D eigenvalue weighted by molar-refractivity contribution is 5.80. The minimum atomic E-state index is -0.790. The molecule has 0 spiro atoms. The largest absolute Gasteiger partial charge is 0.481 e. The summed E-state index contributed by atoms with van der Waals surface area (Å²) in [7, 11) is 0. The highest BCUT2D eigenvalue weighted by Gasteiger charge is 2.03. The average Bonchev–Trinajstić information content (AvgIpc) is 2.92. The van der Waals surface area contributed by atoms with Crippen LogP contribution in [0.1, 0.15) is 31.2 Å². The maximum absolute atomic E-state index is 11.7. The first-order valence-electron chi connectivity index (χ1n) is 7.19. The Labute approximate surface area is 123 Å². The highest BCUT2D eigenvalue weighted by Crippen LogP contribution is 2.15. The average molecular weight is 288 g/mol. The van der Waals surface area contributed by atoms with Crippen molar-refractivity contribution in [3.05, 3.63) is 36.0 Å². The number of hydrogen-bond acceptors (Lipinski definition) is 2. The van der Waals surface area contributed by atoms with Crippen LogP contribution in [0.4, 0.5) is 0 Å². The highest BCUT2D eigenvalue weighted by atomic mass is 16.4. The lowest BCUT2D eigenvalue weighted by Gasteiger charge is -2.05. The summed E-state index contributed by atoms with van der Waals surface area (Å²) in [6, 6.07) is 8.15. The van der Waals surface area contributed by atoms with Gasteiger partial charge in [0.2, 0.25) is 5.91 Å². The molecule has 0 unspecified atom stereocenters. The molecule has 2 aromatic rings. The number of amides is 1. The molecule has 21 heavy (non-hydrogen) atoms. The summed E-state index contributed by atoms with van der Waals surface area (Å²) in [4.78, 5) is 25.2. The number of unbranched alkanes of at least 4 members (excludes halogenated alkanes) is 1. The topological polar surface area (TPSA) is 82.2 Å². The van der Waals surface area contributed by atoms with Gasteiger partial charge in [-0.2, -0.15) is 0 Å². The van der Waals surface area contributed by atoms with Gasteiger partial charge in [-0.3, -0.25) is 9.59 Å². The van der Waals surface area contributed by atoms with Gasteiger partial charge in [0.05, 0.1) is 0 Å². The van der Waals surface area contributed by atoms with E-state index in [9.17, 15) is 9.59 Å². The van der Waals surface area contributed by atoms with Crippen LogP contribution in [0.25, 0.3) is 10.9 Å². The van der Waals surface area contributed by atoms with Crippen LogP contribution in [-0.4, -0.2) is 28.5 Å². The van der Waals surface area contributed by atoms with Crippen molar-refractivity contribution < 1.29 is 14.7 Å². The first-order valence-corrected chi connectivity index (χ1v) is 7.19. The van der Waals surface area contributed by atoms with Gasteiger partial charge in [-0.05, 0) is 48.4 Å². The summed E-state index contributed by atoms with van der Waals surface area (Å²) >= 11 is 0. The van der Waals surface area contributed by atoms with Gasteiger partial charge in [0.1, 0.15) is 0 Å². The molecular weight excluding hydrogens is 268 g/mol. The van der Waals surface area contributed by atoms with E-state index >= 15 is 0 Å². The number of carbonyl (C=O) groups is 2. The third-order valence-corrected chi connectivity index (χ3v) is 3.40. The fraction of sp³-hybridized carbons (Fsp3) is 0.375. The molecule has 5 heteroatoms. The quantitative estimate of drug-likeness (QED) is 0.653. The van der Waals surface area contributed by atoms with Gasteiger partial charge in [-0.15, -0.1) is 0 Å². The van der Waals surface area contributed by atoms with Crippen molar-refractivity contribution in [2.75, 3.05) is 6.54 Å². The molecule has 0 fully saturated rings. The molecule has 1 aromatic heterocycles. The Morgan fingerprint density at radius 3 is 2.81 bits per heavy atom. The van der Waals surface area contributed by atoms with Gasteiger partial charge in [0.15, 0.2) is 0 Å². The fourth-order valence-corrected chi connectivity index (χ4v) is 2.23. The van der Waals surface area contributed by atoms with Crippen LogP contribution in [0.2, 0.25) is 0 Å². The Kier molecular flexibility index (Phi) is 5.37. The van der Waals surface area contributed by atoms with E-state index in [1.807, 2.05) is 24.4 Å². The number of carboxylic acids is 1. The van der Waals surface area contributed by atoms with E-state index in [2.05, 4.69) is 16.4 Å². The molecule has 0 aliphatic heterocycles. The van der Waals surface area contributed by atoms with Crippen molar-refractivity contribution in [3.8, 4) is 0 Å². The molecule has 1 aromatic carbocycles. The summed E-state index contributed by atoms with van der Waals surface area (Å²) in [5.74, 6) is -0.777. The summed E-state index contributed by atoms with van der Waals surface area (Å²) in [5.41, 5.74) is 2.24. The number of carboxylic acid groups (broad SMARTS) is 1. The van der Waals surface area contributed by atoms with Crippen LogP contribution < -0.4 is 5.32 Å². The minimum absolute atomic E-state index is 0.0134. The maximum atomic E-state index is 11.7. The molecule has 0 radical (unpaired) electrons. The lowest BCUT2D eigenvalue weighted by atomic mass is 10.1. The second-order valence-electron chi connectivity index (χ2n) is 5.10. The third-order valence-electron chi connectivity index (χ3n) is 3.40. The first-order chi connectivity index (χ1) is 10.1. The molecule has 5 nitrogen and oxygen atoms in total. The number of carbonyl (C=O) groups excluding carboxylic acids is 1. The molecule has 0 aliphatic carbocycles. The second kappa shape index (κ2) is 7.47. The normalized spacial score (nSPS) is 10.7. The van der Waals surface area contributed by atoms with Crippen LogP contribution >= 0.6 is 0 Å². The van der Waals surface area contributed by atoms with Gasteiger partial charge in [0.25, 0.3) is 0 Å². The van der Waals surface area contributed by atoms with Crippen molar-refractivity contribution in [2.45, 2.75) is 32.1 Å². The number of aromatic amines is 1. The molecule has 1 heterocycles. The minimum Gasteiger partial charge on any atom is -0.481 e. The van der Waals surface area contributed by atoms with E-state index in [1.54, 1.807) is 0 Å². The van der Waals surface area contributed by atoms with E-state index in [-0.39, 0.29) is 12.3 Å². The smallest absolute Gasteiger partial charge is 0.303 e. The molecule has 1 amide bonds. The number of aromatic nitrogens is 1. The number of aryl methyl sites for hydroxylation is 1. The summed E-state index contributed by atoms with van der Waals surface area (Å²) in [6.07, 6.45) is 4.52. The zero-order valence-electron chi connectivity index (χ0n) is 11.9. The van der Waals surface area contributed by atoms with Crippen molar-refractivity contribution in [2.24, 2.45) is 0 Å².